The zero-order valence-corrected chi connectivity index (χ0v) is 22.3. The maximum atomic E-state index is 3.76. The summed E-state index contributed by atoms with van der Waals surface area (Å²) in [4.78, 5) is 0. The Morgan fingerprint density at radius 3 is 1.76 bits per heavy atom. The fourth-order valence-corrected chi connectivity index (χ4v) is 6.00. The lowest BCUT2D eigenvalue weighted by Crippen LogP contribution is -1.94. The molecule has 38 heavy (non-hydrogen) atoms. The van der Waals surface area contributed by atoms with Crippen LogP contribution in [0.1, 0.15) is 0 Å². The van der Waals surface area contributed by atoms with Crippen LogP contribution in [-0.4, -0.2) is 4.57 Å². The summed E-state index contributed by atoms with van der Waals surface area (Å²) >= 11 is 3.76. The Morgan fingerprint density at radius 1 is 0.395 bits per heavy atom. The Bertz CT molecular complexity index is 1910. The van der Waals surface area contributed by atoms with Crippen LogP contribution in [0, 0.1) is 0 Å². The molecular weight excluding hydrogens is 526 g/mol. The van der Waals surface area contributed by atoms with E-state index in [0.29, 0.717) is 0 Å². The van der Waals surface area contributed by atoms with Gasteiger partial charge in [0, 0.05) is 20.9 Å². The van der Waals surface area contributed by atoms with Crippen molar-refractivity contribution in [2.24, 2.45) is 0 Å². The van der Waals surface area contributed by atoms with Crippen LogP contribution in [0.15, 0.2) is 150 Å². The van der Waals surface area contributed by atoms with Crippen molar-refractivity contribution >= 4 is 37.7 Å². The van der Waals surface area contributed by atoms with E-state index in [1.807, 2.05) is 0 Å². The summed E-state index contributed by atoms with van der Waals surface area (Å²) in [6.45, 7) is 0. The molecule has 180 valence electrons. The standard InChI is InChI=1S/C36H24BrN/c37-34-16-8-6-14-31(34)30-13-5-4-12-29(30)27-20-23-33-32-15-7-9-17-35(32)38(36(33)24-27)28-21-18-26(19-22-28)25-10-2-1-3-11-25/h1-24H. The minimum Gasteiger partial charge on any atom is -0.309 e. The quantitative estimate of drug-likeness (QED) is 0.205. The van der Waals surface area contributed by atoms with E-state index in [1.165, 1.54) is 55.2 Å². The number of nitrogens with zero attached hydrogens (tertiary/aromatic N) is 1. The van der Waals surface area contributed by atoms with Gasteiger partial charge < -0.3 is 4.57 Å². The normalized spacial score (nSPS) is 11.3. The fraction of sp³-hybridized carbons (Fsp3) is 0. The van der Waals surface area contributed by atoms with E-state index < -0.39 is 0 Å². The van der Waals surface area contributed by atoms with Gasteiger partial charge in [0.2, 0.25) is 0 Å². The minimum atomic E-state index is 1.10. The highest BCUT2D eigenvalue weighted by Crippen LogP contribution is 2.39. The van der Waals surface area contributed by atoms with Crippen molar-refractivity contribution in [2.75, 3.05) is 0 Å². The summed E-state index contributed by atoms with van der Waals surface area (Å²) in [7, 11) is 0. The third-order valence-corrected chi connectivity index (χ3v) is 8.00. The Hall–Kier alpha value is -4.40. The summed E-state index contributed by atoms with van der Waals surface area (Å²) in [5.74, 6) is 0. The number of rotatable bonds is 4. The first-order chi connectivity index (χ1) is 18.8. The van der Waals surface area contributed by atoms with Crippen LogP contribution in [0.5, 0.6) is 0 Å². The lowest BCUT2D eigenvalue weighted by molar-refractivity contribution is 1.18. The SMILES string of the molecule is Brc1ccccc1-c1ccccc1-c1ccc2c3ccccc3n(-c3ccc(-c4ccccc4)cc3)c2c1. The molecule has 0 radical (unpaired) electrons. The van der Waals surface area contributed by atoms with Crippen molar-refractivity contribution in [1.82, 2.24) is 4.57 Å². The van der Waals surface area contributed by atoms with E-state index >= 15 is 0 Å². The molecule has 2 heteroatoms. The maximum Gasteiger partial charge on any atom is 0.0547 e. The van der Waals surface area contributed by atoms with Gasteiger partial charge in [0.1, 0.15) is 0 Å². The predicted octanol–water partition coefficient (Wildman–Crippen LogP) is 10.5. The molecule has 0 amide bonds. The van der Waals surface area contributed by atoms with Crippen molar-refractivity contribution in [3.63, 3.8) is 0 Å². The molecule has 0 fully saturated rings. The van der Waals surface area contributed by atoms with Crippen LogP contribution in [0.25, 0.3) is 60.9 Å². The number of benzene rings is 6. The van der Waals surface area contributed by atoms with E-state index in [9.17, 15) is 0 Å². The van der Waals surface area contributed by atoms with Gasteiger partial charge in [-0.05, 0) is 63.7 Å². The number of fused-ring (bicyclic) bond motifs is 3. The van der Waals surface area contributed by atoms with Crippen LogP contribution in [0.4, 0.5) is 0 Å². The van der Waals surface area contributed by atoms with Gasteiger partial charge in [-0.15, -0.1) is 0 Å². The zero-order chi connectivity index (χ0) is 25.5. The monoisotopic (exact) mass is 549 g/mol. The van der Waals surface area contributed by atoms with Gasteiger partial charge in [-0.25, -0.2) is 0 Å². The minimum absolute atomic E-state index is 1.10. The summed E-state index contributed by atoms with van der Waals surface area (Å²) in [6, 6.07) is 52.1. The first-order valence-electron chi connectivity index (χ1n) is 12.8. The Morgan fingerprint density at radius 2 is 0.974 bits per heavy atom. The van der Waals surface area contributed by atoms with E-state index in [-0.39, 0.29) is 0 Å². The van der Waals surface area contributed by atoms with Crippen LogP contribution < -0.4 is 0 Å². The fourth-order valence-electron chi connectivity index (χ4n) is 5.50. The molecule has 7 aromatic rings. The topological polar surface area (TPSA) is 4.93 Å². The van der Waals surface area contributed by atoms with E-state index in [2.05, 4.69) is 166 Å². The largest absolute Gasteiger partial charge is 0.309 e. The average molecular weight is 550 g/mol. The molecule has 0 bridgehead atoms. The van der Waals surface area contributed by atoms with E-state index in [0.717, 1.165) is 10.2 Å². The summed E-state index contributed by atoms with van der Waals surface area (Å²) in [5, 5.41) is 2.52. The molecule has 7 rings (SSSR count). The summed E-state index contributed by atoms with van der Waals surface area (Å²) in [6.07, 6.45) is 0. The van der Waals surface area contributed by atoms with Gasteiger partial charge in [-0.3, -0.25) is 0 Å². The van der Waals surface area contributed by atoms with Crippen molar-refractivity contribution in [2.45, 2.75) is 0 Å². The van der Waals surface area contributed by atoms with Crippen molar-refractivity contribution in [3.8, 4) is 39.1 Å². The number of hydrogen-bond acceptors (Lipinski definition) is 0. The summed E-state index contributed by atoms with van der Waals surface area (Å²) < 4.78 is 3.49. The highest BCUT2D eigenvalue weighted by Gasteiger charge is 2.15. The highest BCUT2D eigenvalue weighted by molar-refractivity contribution is 9.10. The molecule has 0 aliphatic rings. The molecule has 0 aliphatic heterocycles. The lowest BCUT2D eigenvalue weighted by atomic mass is 9.94. The molecule has 1 nitrogen and oxygen atoms in total. The first kappa shape index (κ1) is 22.8. The van der Waals surface area contributed by atoms with Gasteiger partial charge in [0.05, 0.1) is 11.0 Å². The van der Waals surface area contributed by atoms with Gasteiger partial charge in [-0.2, -0.15) is 0 Å². The van der Waals surface area contributed by atoms with Crippen molar-refractivity contribution in [1.29, 1.82) is 0 Å². The lowest BCUT2D eigenvalue weighted by Gasteiger charge is -2.13. The molecule has 6 aromatic carbocycles. The smallest absolute Gasteiger partial charge is 0.0547 e. The first-order valence-corrected chi connectivity index (χ1v) is 13.6. The van der Waals surface area contributed by atoms with Crippen LogP contribution >= 0.6 is 15.9 Å². The second kappa shape index (κ2) is 9.48. The molecule has 0 saturated carbocycles. The number of aromatic nitrogens is 1. The molecule has 0 unspecified atom stereocenters. The molecule has 0 aliphatic carbocycles. The van der Waals surface area contributed by atoms with E-state index in [1.54, 1.807) is 0 Å². The Balaban J connectivity index is 1.43. The maximum absolute atomic E-state index is 3.76. The molecule has 0 atom stereocenters. The number of para-hydroxylation sites is 1. The third kappa shape index (κ3) is 3.86. The predicted molar refractivity (Wildman–Crippen MR) is 165 cm³/mol. The molecular formula is C36H24BrN. The molecule has 0 saturated heterocycles. The average Bonchev–Trinajstić information content (AvgIpc) is 3.32. The number of halogens is 1. The Kier molecular flexibility index (Phi) is 5.68. The Labute approximate surface area is 230 Å². The van der Waals surface area contributed by atoms with Crippen LogP contribution in [0.3, 0.4) is 0 Å². The van der Waals surface area contributed by atoms with Gasteiger partial charge in [-0.1, -0.05) is 131 Å². The molecule has 0 N–H and O–H groups in total. The highest BCUT2D eigenvalue weighted by atomic mass is 79.9. The molecule has 1 aromatic heterocycles. The molecule has 1 heterocycles. The second-order valence-corrected chi connectivity index (χ2v) is 10.4. The van der Waals surface area contributed by atoms with Crippen LogP contribution in [-0.2, 0) is 0 Å². The summed E-state index contributed by atoms with van der Waals surface area (Å²) in [5.41, 5.74) is 10.9. The van der Waals surface area contributed by atoms with Gasteiger partial charge >= 0.3 is 0 Å². The molecule has 0 spiro atoms. The van der Waals surface area contributed by atoms with Crippen molar-refractivity contribution < 1.29 is 0 Å². The van der Waals surface area contributed by atoms with Crippen LogP contribution in [0.2, 0.25) is 0 Å². The van der Waals surface area contributed by atoms with Gasteiger partial charge in [0.25, 0.3) is 0 Å². The number of hydrogen-bond donors (Lipinski definition) is 0. The third-order valence-electron chi connectivity index (χ3n) is 7.31. The second-order valence-electron chi connectivity index (χ2n) is 9.52. The van der Waals surface area contributed by atoms with E-state index in [4.69, 9.17) is 0 Å². The zero-order valence-electron chi connectivity index (χ0n) is 20.7. The van der Waals surface area contributed by atoms with Crippen molar-refractivity contribution in [3.05, 3.63) is 150 Å². The van der Waals surface area contributed by atoms with Gasteiger partial charge in [0.15, 0.2) is 0 Å².